The molecule has 0 radical (unpaired) electrons. The maximum absolute atomic E-state index is 13.4. The molecule has 0 atom stereocenters. The zero-order valence-corrected chi connectivity index (χ0v) is 13.0. The van der Waals surface area contributed by atoms with Gasteiger partial charge in [-0.3, -0.25) is 4.72 Å². The van der Waals surface area contributed by atoms with Crippen LogP contribution in [0.4, 0.5) is 14.5 Å². The normalized spacial score (nSPS) is 11.2. The maximum atomic E-state index is 13.4. The predicted octanol–water partition coefficient (Wildman–Crippen LogP) is 2.93. The Hall–Kier alpha value is -1.74. The number of nitrogens with zero attached hydrogens (tertiary/aromatic N) is 1. The van der Waals surface area contributed by atoms with E-state index >= 15 is 0 Å². The SMILES string of the molecule is COc1ccc(Br)cc1S(=O)(=O)Nc1ccc(F)nc1F. The molecule has 2 rings (SSSR count). The smallest absolute Gasteiger partial charge is 0.265 e. The average Bonchev–Trinajstić information content (AvgIpc) is 2.42. The molecule has 5 nitrogen and oxygen atoms in total. The van der Waals surface area contributed by atoms with E-state index in [9.17, 15) is 17.2 Å². The number of nitrogens with one attached hydrogen (secondary N) is 1. The summed E-state index contributed by atoms with van der Waals surface area (Å²) in [5.41, 5.74) is -0.460. The molecular formula is C12H9BrF2N2O3S. The fraction of sp³-hybridized carbons (Fsp3) is 0.0833. The molecule has 112 valence electrons. The Morgan fingerprint density at radius 2 is 1.95 bits per heavy atom. The van der Waals surface area contributed by atoms with Crippen molar-refractivity contribution >= 4 is 31.6 Å². The number of pyridine rings is 1. The van der Waals surface area contributed by atoms with Crippen LogP contribution in [-0.4, -0.2) is 20.5 Å². The first-order valence-corrected chi connectivity index (χ1v) is 7.79. The standard InChI is InChI=1S/C12H9BrF2N2O3S/c1-20-9-4-2-7(13)6-10(9)21(18,19)17-8-3-5-11(14)16-12(8)15/h2-6,17H,1H3. The van der Waals surface area contributed by atoms with E-state index in [2.05, 4.69) is 20.9 Å². The Kier molecular flexibility index (Phi) is 4.43. The maximum Gasteiger partial charge on any atom is 0.265 e. The van der Waals surface area contributed by atoms with Crippen molar-refractivity contribution in [2.24, 2.45) is 0 Å². The highest BCUT2D eigenvalue weighted by Crippen LogP contribution is 2.29. The molecule has 0 aliphatic rings. The van der Waals surface area contributed by atoms with Gasteiger partial charge in [-0.1, -0.05) is 15.9 Å². The van der Waals surface area contributed by atoms with Crippen molar-refractivity contribution in [3.05, 3.63) is 46.7 Å². The highest BCUT2D eigenvalue weighted by atomic mass is 79.9. The molecule has 0 spiro atoms. The fourth-order valence-corrected chi connectivity index (χ4v) is 3.31. The molecule has 0 unspecified atom stereocenters. The molecule has 0 saturated heterocycles. The second kappa shape index (κ2) is 5.94. The molecule has 9 heteroatoms. The van der Waals surface area contributed by atoms with Crippen molar-refractivity contribution in [2.75, 3.05) is 11.8 Å². The third kappa shape index (κ3) is 3.48. The number of hydrogen-bond acceptors (Lipinski definition) is 4. The lowest BCUT2D eigenvalue weighted by atomic mass is 10.3. The Morgan fingerprint density at radius 1 is 1.24 bits per heavy atom. The molecule has 0 amide bonds. The molecule has 21 heavy (non-hydrogen) atoms. The van der Waals surface area contributed by atoms with E-state index in [0.29, 0.717) is 4.47 Å². The van der Waals surface area contributed by atoms with Crippen LogP contribution in [0, 0.1) is 11.9 Å². The van der Waals surface area contributed by atoms with Gasteiger partial charge in [0.15, 0.2) is 0 Å². The number of anilines is 1. The van der Waals surface area contributed by atoms with E-state index in [-0.39, 0.29) is 10.6 Å². The van der Waals surface area contributed by atoms with Crippen LogP contribution in [0.15, 0.2) is 39.7 Å². The van der Waals surface area contributed by atoms with Crippen LogP contribution >= 0.6 is 15.9 Å². The number of methoxy groups -OCH3 is 1. The molecule has 2 aromatic rings. The van der Waals surface area contributed by atoms with Crippen molar-refractivity contribution in [2.45, 2.75) is 4.90 Å². The second-order valence-corrected chi connectivity index (χ2v) is 6.44. The quantitative estimate of drug-likeness (QED) is 0.830. The Bertz CT molecular complexity index is 784. The predicted molar refractivity (Wildman–Crippen MR) is 75.7 cm³/mol. The van der Waals surface area contributed by atoms with Crippen molar-refractivity contribution in [1.29, 1.82) is 0 Å². The molecule has 0 bridgehead atoms. The number of benzene rings is 1. The zero-order chi connectivity index (χ0) is 15.6. The number of halogens is 3. The molecule has 0 aliphatic heterocycles. The van der Waals surface area contributed by atoms with E-state index in [1.807, 2.05) is 4.72 Å². The van der Waals surface area contributed by atoms with E-state index in [1.165, 1.54) is 19.2 Å². The molecule has 1 aromatic heterocycles. The van der Waals surface area contributed by atoms with E-state index in [1.54, 1.807) is 6.07 Å². The lowest BCUT2D eigenvalue weighted by Crippen LogP contribution is -2.15. The van der Waals surface area contributed by atoms with Gasteiger partial charge in [0.25, 0.3) is 10.0 Å². The van der Waals surface area contributed by atoms with Crippen molar-refractivity contribution in [1.82, 2.24) is 4.98 Å². The Morgan fingerprint density at radius 3 is 2.57 bits per heavy atom. The molecule has 0 aliphatic carbocycles. The van der Waals surface area contributed by atoms with Gasteiger partial charge in [0.1, 0.15) is 16.3 Å². The van der Waals surface area contributed by atoms with E-state index in [0.717, 1.165) is 12.1 Å². The summed E-state index contributed by atoms with van der Waals surface area (Å²) in [6, 6.07) is 6.13. The molecule has 0 fully saturated rings. The first kappa shape index (κ1) is 15.6. The summed E-state index contributed by atoms with van der Waals surface area (Å²) >= 11 is 3.14. The molecule has 1 aromatic carbocycles. The summed E-state index contributed by atoms with van der Waals surface area (Å²) < 4.78 is 58.2. The van der Waals surface area contributed by atoms with Gasteiger partial charge in [-0.25, -0.2) is 8.42 Å². The molecule has 1 heterocycles. The Labute approximate surface area is 128 Å². The highest BCUT2D eigenvalue weighted by Gasteiger charge is 2.22. The van der Waals surface area contributed by atoms with Crippen LogP contribution in [0.1, 0.15) is 0 Å². The summed E-state index contributed by atoms with van der Waals surface area (Å²) in [5.74, 6) is -2.22. The monoisotopic (exact) mass is 378 g/mol. The summed E-state index contributed by atoms with van der Waals surface area (Å²) in [7, 11) is -2.81. The van der Waals surface area contributed by atoms with Crippen LogP contribution in [0.25, 0.3) is 0 Å². The van der Waals surface area contributed by atoms with Crippen LogP contribution in [0.3, 0.4) is 0 Å². The minimum absolute atomic E-state index is 0.0844. The van der Waals surface area contributed by atoms with Crippen molar-refractivity contribution in [3.63, 3.8) is 0 Å². The largest absolute Gasteiger partial charge is 0.495 e. The summed E-state index contributed by atoms with van der Waals surface area (Å²) in [6.07, 6.45) is 0. The average molecular weight is 379 g/mol. The highest BCUT2D eigenvalue weighted by molar-refractivity contribution is 9.10. The molecular weight excluding hydrogens is 370 g/mol. The first-order valence-electron chi connectivity index (χ1n) is 5.52. The van der Waals surface area contributed by atoms with Crippen LogP contribution in [-0.2, 0) is 10.0 Å². The Balaban J connectivity index is 2.45. The number of hydrogen-bond donors (Lipinski definition) is 1. The lowest BCUT2D eigenvalue weighted by Gasteiger charge is -2.12. The van der Waals surface area contributed by atoms with Gasteiger partial charge >= 0.3 is 0 Å². The third-order valence-electron chi connectivity index (χ3n) is 2.47. The first-order chi connectivity index (χ1) is 9.83. The van der Waals surface area contributed by atoms with Crippen LogP contribution in [0.5, 0.6) is 5.75 Å². The topological polar surface area (TPSA) is 68.3 Å². The van der Waals surface area contributed by atoms with Gasteiger partial charge in [0, 0.05) is 4.47 Å². The summed E-state index contributed by atoms with van der Waals surface area (Å²) in [5, 5.41) is 0. The van der Waals surface area contributed by atoms with Gasteiger partial charge in [-0.05, 0) is 30.3 Å². The fourth-order valence-electron chi connectivity index (χ4n) is 1.55. The zero-order valence-electron chi connectivity index (χ0n) is 10.6. The molecule has 0 saturated carbocycles. The van der Waals surface area contributed by atoms with E-state index < -0.39 is 27.6 Å². The van der Waals surface area contributed by atoms with E-state index in [4.69, 9.17) is 4.74 Å². The van der Waals surface area contributed by atoms with Crippen molar-refractivity contribution in [3.8, 4) is 5.75 Å². The van der Waals surface area contributed by atoms with Crippen molar-refractivity contribution < 1.29 is 21.9 Å². The summed E-state index contributed by atoms with van der Waals surface area (Å²) in [4.78, 5) is 2.72. The number of rotatable bonds is 4. The third-order valence-corrected chi connectivity index (χ3v) is 4.35. The number of aromatic nitrogens is 1. The van der Waals surface area contributed by atoms with Gasteiger partial charge < -0.3 is 4.74 Å². The van der Waals surface area contributed by atoms with Crippen LogP contribution < -0.4 is 9.46 Å². The van der Waals surface area contributed by atoms with Gasteiger partial charge in [-0.15, -0.1) is 0 Å². The lowest BCUT2D eigenvalue weighted by molar-refractivity contribution is 0.402. The summed E-state index contributed by atoms with van der Waals surface area (Å²) in [6.45, 7) is 0. The van der Waals surface area contributed by atoms with Gasteiger partial charge in [0.2, 0.25) is 11.9 Å². The number of ether oxygens (including phenoxy) is 1. The van der Waals surface area contributed by atoms with Gasteiger partial charge in [-0.2, -0.15) is 13.8 Å². The van der Waals surface area contributed by atoms with Crippen LogP contribution in [0.2, 0.25) is 0 Å². The minimum atomic E-state index is -4.12. The molecule has 1 N–H and O–H groups in total. The van der Waals surface area contributed by atoms with Gasteiger partial charge in [0.05, 0.1) is 7.11 Å². The second-order valence-electron chi connectivity index (χ2n) is 3.87. The minimum Gasteiger partial charge on any atom is -0.495 e. The number of sulfonamides is 1.